The highest BCUT2D eigenvalue weighted by Crippen LogP contribution is 2.44. The summed E-state index contributed by atoms with van der Waals surface area (Å²) in [5.74, 6) is -1.80. The fraction of sp³-hybridized carbons (Fsp3) is 0.217. The van der Waals surface area contributed by atoms with Crippen molar-refractivity contribution in [3.05, 3.63) is 65.1 Å². The minimum absolute atomic E-state index is 0.0212. The number of phenols is 1. The molecule has 9 nitrogen and oxygen atoms in total. The molecular formula is C23H20FN3O6. The molecule has 10 heteroatoms. The summed E-state index contributed by atoms with van der Waals surface area (Å²) in [6.45, 7) is 1.63. The number of esters is 1. The molecule has 2 aromatic carbocycles. The zero-order valence-electron chi connectivity index (χ0n) is 17.8. The molecule has 0 spiro atoms. The molecule has 1 aliphatic heterocycles. The van der Waals surface area contributed by atoms with E-state index in [9.17, 15) is 23.9 Å². The Morgan fingerprint density at radius 2 is 2.00 bits per heavy atom. The van der Waals surface area contributed by atoms with Crippen LogP contribution in [-0.4, -0.2) is 46.1 Å². The van der Waals surface area contributed by atoms with Gasteiger partial charge >= 0.3 is 12.1 Å². The largest absolute Gasteiger partial charge is 0.505 e. The molecule has 1 unspecified atom stereocenters. The van der Waals surface area contributed by atoms with Crippen LogP contribution < -0.4 is 10.1 Å². The monoisotopic (exact) mass is 453 g/mol. The molecule has 3 aromatic rings. The molecule has 33 heavy (non-hydrogen) atoms. The third kappa shape index (κ3) is 4.14. The average molecular weight is 453 g/mol. The molecule has 0 aliphatic carbocycles. The molecule has 170 valence electrons. The standard InChI is InChI=1S/C23H20FN3O6/c1-12(22(30)32-2)26-23(31)33-20-15-4-3-9-25-18(15)19(28)17-16(20)11-27(21(17)29)10-13-5-7-14(24)8-6-13/h3-9,12,28H,10-11H2,1-2H3,(H,26,31). The molecule has 0 saturated heterocycles. The first-order valence-electron chi connectivity index (χ1n) is 10.0. The van der Waals surface area contributed by atoms with Gasteiger partial charge in [-0.05, 0) is 36.8 Å². The maximum Gasteiger partial charge on any atom is 0.413 e. The number of ether oxygens (including phenoxy) is 2. The van der Waals surface area contributed by atoms with Gasteiger partial charge in [0, 0.05) is 23.7 Å². The van der Waals surface area contributed by atoms with E-state index in [0.29, 0.717) is 16.5 Å². The SMILES string of the molecule is COC(=O)C(C)NC(=O)Oc1c2c(c(O)c3ncccc13)C(=O)N(Cc1ccc(F)cc1)C2. The third-order valence-corrected chi connectivity index (χ3v) is 5.31. The number of fused-ring (bicyclic) bond motifs is 2. The van der Waals surface area contributed by atoms with Gasteiger partial charge in [-0.15, -0.1) is 0 Å². The molecule has 1 aromatic heterocycles. The summed E-state index contributed by atoms with van der Waals surface area (Å²) in [5.41, 5.74) is 1.07. The number of carbonyl (C=O) groups excluding carboxylic acids is 3. The number of aromatic hydroxyl groups is 1. The highest BCUT2D eigenvalue weighted by molar-refractivity contribution is 6.09. The molecule has 1 aliphatic rings. The zero-order valence-corrected chi connectivity index (χ0v) is 17.8. The molecule has 0 radical (unpaired) electrons. The van der Waals surface area contributed by atoms with Crippen molar-refractivity contribution in [3.63, 3.8) is 0 Å². The molecular weight excluding hydrogens is 433 g/mol. The van der Waals surface area contributed by atoms with Crippen molar-refractivity contribution < 1.29 is 33.4 Å². The average Bonchev–Trinajstić information content (AvgIpc) is 3.13. The first-order valence-corrected chi connectivity index (χ1v) is 10.0. The third-order valence-electron chi connectivity index (χ3n) is 5.31. The molecule has 0 fully saturated rings. The van der Waals surface area contributed by atoms with Gasteiger partial charge in [-0.2, -0.15) is 0 Å². The smallest absolute Gasteiger partial charge is 0.413 e. The van der Waals surface area contributed by atoms with Gasteiger partial charge in [0.25, 0.3) is 5.91 Å². The van der Waals surface area contributed by atoms with Crippen molar-refractivity contribution >= 4 is 28.9 Å². The highest BCUT2D eigenvalue weighted by Gasteiger charge is 2.36. The van der Waals surface area contributed by atoms with Gasteiger partial charge in [0.2, 0.25) is 0 Å². The zero-order chi connectivity index (χ0) is 23.7. The van der Waals surface area contributed by atoms with Crippen molar-refractivity contribution in [2.45, 2.75) is 26.1 Å². The lowest BCUT2D eigenvalue weighted by molar-refractivity contribution is -0.142. The number of amides is 2. The summed E-state index contributed by atoms with van der Waals surface area (Å²) in [7, 11) is 1.19. The number of nitrogens with zero attached hydrogens (tertiary/aromatic N) is 2. The first-order chi connectivity index (χ1) is 15.8. The minimum atomic E-state index is -0.964. The molecule has 2 amide bonds. The van der Waals surface area contributed by atoms with Crippen LogP contribution in [0.25, 0.3) is 10.9 Å². The Hall–Kier alpha value is -4.21. The second-order valence-electron chi connectivity index (χ2n) is 7.50. The molecule has 2 N–H and O–H groups in total. The van der Waals surface area contributed by atoms with Crippen molar-refractivity contribution in [2.75, 3.05) is 7.11 Å². The van der Waals surface area contributed by atoms with E-state index < -0.39 is 29.8 Å². The van der Waals surface area contributed by atoms with Crippen LogP contribution in [0.15, 0.2) is 42.6 Å². The summed E-state index contributed by atoms with van der Waals surface area (Å²) in [6.07, 6.45) is 0.503. The number of methoxy groups -OCH3 is 1. The number of benzene rings is 2. The molecule has 0 saturated carbocycles. The van der Waals surface area contributed by atoms with Gasteiger partial charge in [-0.3, -0.25) is 9.78 Å². The lowest BCUT2D eigenvalue weighted by Gasteiger charge is -2.16. The first kappa shape index (κ1) is 22.0. The van der Waals surface area contributed by atoms with E-state index in [-0.39, 0.29) is 35.7 Å². The van der Waals surface area contributed by atoms with Crippen molar-refractivity contribution in [3.8, 4) is 11.5 Å². The lowest BCUT2D eigenvalue weighted by atomic mass is 10.0. The van der Waals surface area contributed by atoms with Gasteiger partial charge in [-0.1, -0.05) is 12.1 Å². The quantitative estimate of drug-likeness (QED) is 0.571. The topological polar surface area (TPSA) is 118 Å². The summed E-state index contributed by atoms with van der Waals surface area (Å²) in [5, 5.41) is 13.5. The van der Waals surface area contributed by atoms with Crippen LogP contribution in [0.1, 0.15) is 28.4 Å². The highest BCUT2D eigenvalue weighted by atomic mass is 19.1. The lowest BCUT2D eigenvalue weighted by Crippen LogP contribution is -2.40. The number of nitrogens with one attached hydrogen (secondary N) is 1. The van der Waals surface area contributed by atoms with E-state index in [2.05, 4.69) is 15.0 Å². The molecule has 1 atom stereocenters. The predicted molar refractivity (Wildman–Crippen MR) is 114 cm³/mol. The van der Waals surface area contributed by atoms with Crippen LogP contribution in [0.5, 0.6) is 11.5 Å². The minimum Gasteiger partial charge on any atom is -0.505 e. The Morgan fingerprint density at radius 1 is 1.27 bits per heavy atom. The predicted octanol–water partition coefficient (Wildman–Crippen LogP) is 2.89. The second kappa shape index (κ2) is 8.73. The van der Waals surface area contributed by atoms with Gasteiger partial charge in [0.05, 0.1) is 19.2 Å². The number of carbonyl (C=O) groups is 3. The van der Waals surface area contributed by atoms with Crippen molar-refractivity contribution in [1.29, 1.82) is 0 Å². The normalized spacial score (nSPS) is 13.5. The van der Waals surface area contributed by atoms with Crippen LogP contribution in [0, 0.1) is 5.82 Å². The van der Waals surface area contributed by atoms with E-state index >= 15 is 0 Å². The Balaban J connectivity index is 1.71. The molecule has 0 bridgehead atoms. The Bertz CT molecular complexity index is 1260. The van der Waals surface area contributed by atoms with Crippen LogP contribution in [-0.2, 0) is 22.6 Å². The maximum absolute atomic E-state index is 13.2. The number of phenolic OH excluding ortho intramolecular Hbond substituents is 1. The number of halogens is 1. The summed E-state index contributed by atoms with van der Waals surface area (Å²) < 4.78 is 23.3. The number of pyridine rings is 1. The second-order valence-corrected chi connectivity index (χ2v) is 7.50. The van der Waals surface area contributed by atoms with Crippen LogP contribution >= 0.6 is 0 Å². The van der Waals surface area contributed by atoms with Crippen molar-refractivity contribution in [2.24, 2.45) is 0 Å². The Kier molecular flexibility index (Phi) is 5.82. The van der Waals surface area contributed by atoms with E-state index in [4.69, 9.17) is 4.74 Å². The number of rotatable bonds is 5. The van der Waals surface area contributed by atoms with Gasteiger partial charge in [0.1, 0.15) is 23.1 Å². The van der Waals surface area contributed by atoms with Crippen LogP contribution in [0.2, 0.25) is 0 Å². The van der Waals surface area contributed by atoms with E-state index in [0.717, 1.165) is 0 Å². The summed E-state index contributed by atoms with van der Waals surface area (Å²) in [6, 6.07) is 7.93. The van der Waals surface area contributed by atoms with Gasteiger partial charge < -0.3 is 24.8 Å². The van der Waals surface area contributed by atoms with E-state index in [1.54, 1.807) is 24.3 Å². The maximum atomic E-state index is 13.2. The fourth-order valence-electron chi connectivity index (χ4n) is 3.71. The Labute approximate surface area is 187 Å². The molecule has 4 rings (SSSR count). The summed E-state index contributed by atoms with van der Waals surface area (Å²) >= 11 is 0. The van der Waals surface area contributed by atoms with Crippen LogP contribution in [0.4, 0.5) is 9.18 Å². The van der Waals surface area contributed by atoms with E-state index in [1.165, 1.54) is 37.3 Å². The summed E-state index contributed by atoms with van der Waals surface area (Å²) in [4.78, 5) is 42.8. The number of hydrogen-bond donors (Lipinski definition) is 2. The fourth-order valence-corrected chi connectivity index (χ4v) is 3.71. The number of aromatic nitrogens is 1. The van der Waals surface area contributed by atoms with Gasteiger partial charge in [-0.25, -0.2) is 14.0 Å². The Morgan fingerprint density at radius 3 is 2.70 bits per heavy atom. The van der Waals surface area contributed by atoms with Crippen LogP contribution in [0.3, 0.4) is 0 Å². The van der Waals surface area contributed by atoms with Crippen molar-refractivity contribution in [1.82, 2.24) is 15.2 Å². The molecule has 2 heterocycles. The number of hydrogen-bond acceptors (Lipinski definition) is 7. The van der Waals surface area contributed by atoms with E-state index in [1.807, 2.05) is 0 Å². The van der Waals surface area contributed by atoms with Gasteiger partial charge in [0.15, 0.2) is 5.75 Å².